The molecule has 148 valence electrons. The summed E-state index contributed by atoms with van der Waals surface area (Å²) in [5, 5.41) is 0. The molecule has 5 rings (SSSR count). The van der Waals surface area contributed by atoms with E-state index in [9.17, 15) is 4.79 Å². The Bertz CT molecular complexity index is 1370. The van der Waals surface area contributed by atoms with Crippen molar-refractivity contribution < 1.29 is 0 Å². The highest BCUT2D eigenvalue weighted by atomic mass is 16.1. The maximum Gasteiger partial charge on any atom is 0.350 e. The number of hydrogen-bond acceptors (Lipinski definition) is 7. The van der Waals surface area contributed by atoms with E-state index in [4.69, 9.17) is 11.5 Å². The summed E-state index contributed by atoms with van der Waals surface area (Å²) < 4.78 is 3.41. The lowest BCUT2D eigenvalue weighted by atomic mass is 10.2. The molecule has 30 heavy (non-hydrogen) atoms. The zero-order chi connectivity index (χ0) is 20.7. The van der Waals surface area contributed by atoms with Crippen LogP contribution in [0.15, 0.2) is 66.0 Å². The molecular formula is C21H18N8O. The largest absolute Gasteiger partial charge is 0.399 e. The molecule has 0 saturated heterocycles. The number of nitrogen functional groups attached to an aromatic ring is 2. The van der Waals surface area contributed by atoms with E-state index in [-0.39, 0.29) is 5.69 Å². The van der Waals surface area contributed by atoms with Crippen molar-refractivity contribution in [1.29, 1.82) is 0 Å². The smallest absolute Gasteiger partial charge is 0.350 e. The summed E-state index contributed by atoms with van der Waals surface area (Å²) in [7, 11) is 0. The Balaban J connectivity index is 1.56. The first-order chi connectivity index (χ1) is 14.6. The second kappa shape index (κ2) is 6.96. The van der Waals surface area contributed by atoms with Crippen LogP contribution in [0.2, 0.25) is 0 Å². The molecule has 0 saturated carbocycles. The van der Waals surface area contributed by atoms with Gasteiger partial charge in [0, 0.05) is 11.4 Å². The minimum atomic E-state index is -0.380. The summed E-state index contributed by atoms with van der Waals surface area (Å²) in [6.07, 6.45) is 3.13. The van der Waals surface area contributed by atoms with E-state index in [0.29, 0.717) is 47.1 Å². The third kappa shape index (κ3) is 3.12. The number of rotatable bonds is 4. The van der Waals surface area contributed by atoms with Gasteiger partial charge in [0.15, 0.2) is 11.5 Å². The van der Waals surface area contributed by atoms with Crippen LogP contribution >= 0.6 is 0 Å². The third-order valence-electron chi connectivity index (χ3n) is 4.95. The van der Waals surface area contributed by atoms with Crippen molar-refractivity contribution in [3.63, 3.8) is 0 Å². The fraction of sp³-hybridized carbons (Fsp3) is 0.0952. The Labute approximate surface area is 171 Å². The molecule has 2 aliphatic heterocycles. The third-order valence-corrected chi connectivity index (χ3v) is 4.95. The predicted octanol–water partition coefficient (Wildman–Crippen LogP) is 1.75. The van der Waals surface area contributed by atoms with Crippen LogP contribution in [0.3, 0.4) is 0 Å². The molecular weight excluding hydrogens is 380 g/mol. The minimum absolute atomic E-state index is 0.334. The van der Waals surface area contributed by atoms with Crippen molar-refractivity contribution in [2.45, 2.75) is 13.1 Å². The van der Waals surface area contributed by atoms with Gasteiger partial charge in [0.1, 0.15) is 17.5 Å². The van der Waals surface area contributed by atoms with Gasteiger partial charge in [-0.2, -0.15) is 4.98 Å². The molecule has 0 unspecified atom stereocenters. The fourth-order valence-electron chi connectivity index (χ4n) is 3.41. The molecule has 0 fully saturated rings. The molecule has 2 aliphatic rings. The van der Waals surface area contributed by atoms with Crippen molar-refractivity contribution in [3.05, 3.63) is 82.8 Å². The Kier molecular flexibility index (Phi) is 4.13. The minimum Gasteiger partial charge on any atom is -0.399 e. The number of nitrogens with two attached hydrogens (primary N) is 2. The highest BCUT2D eigenvalue weighted by Gasteiger charge is 2.21. The molecule has 4 N–H and O–H groups in total. The van der Waals surface area contributed by atoms with Crippen molar-refractivity contribution in [3.8, 4) is 11.5 Å². The molecule has 3 aromatic rings. The summed E-state index contributed by atoms with van der Waals surface area (Å²) in [4.78, 5) is 30.1. The maximum absolute atomic E-state index is 12.6. The van der Waals surface area contributed by atoms with E-state index >= 15 is 0 Å². The van der Waals surface area contributed by atoms with Crippen LogP contribution in [0.1, 0.15) is 11.1 Å². The van der Waals surface area contributed by atoms with Crippen molar-refractivity contribution in [2.75, 3.05) is 11.5 Å². The van der Waals surface area contributed by atoms with Gasteiger partial charge >= 0.3 is 5.69 Å². The average Bonchev–Trinajstić information content (AvgIpc) is 3.21. The molecule has 3 heterocycles. The monoisotopic (exact) mass is 398 g/mol. The molecule has 0 spiro atoms. The summed E-state index contributed by atoms with van der Waals surface area (Å²) in [5.41, 5.74) is 16.0. The molecule has 0 radical (unpaired) electrons. The van der Waals surface area contributed by atoms with E-state index < -0.39 is 0 Å². The lowest BCUT2D eigenvalue weighted by Crippen LogP contribution is -2.17. The van der Waals surface area contributed by atoms with Gasteiger partial charge < -0.3 is 16.0 Å². The standard InChI is InChI=1S/C21H18N8O/c22-15-5-1-13(2-6-15)9-28-12-26-17-18-20(25-11-24-19(17)28)29(21(30)27-18)10-14-3-7-16(23)8-4-14/h1-8,11-12H,9-10,22-23H2. The number of anilines is 2. The SMILES string of the molecule is Nc1ccc(Cn2c3ncnc4c(ncn4Cc4ccc(N)cc4)c-3nc2=O)cc1. The number of hydrogen-bond donors (Lipinski definition) is 2. The number of nitrogens with zero attached hydrogens (tertiary/aromatic N) is 6. The maximum atomic E-state index is 12.6. The van der Waals surface area contributed by atoms with E-state index in [1.807, 2.05) is 41.0 Å². The van der Waals surface area contributed by atoms with Crippen LogP contribution in [-0.2, 0) is 13.1 Å². The Morgan fingerprint density at radius 3 is 2.10 bits per heavy atom. The molecule has 9 nitrogen and oxygen atoms in total. The Hall–Kier alpha value is -4.27. The predicted molar refractivity (Wildman–Crippen MR) is 114 cm³/mol. The van der Waals surface area contributed by atoms with E-state index in [1.54, 1.807) is 18.5 Å². The van der Waals surface area contributed by atoms with Gasteiger partial charge in [0.05, 0.1) is 19.4 Å². The van der Waals surface area contributed by atoms with Crippen molar-refractivity contribution in [1.82, 2.24) is 29.1 Å². The van der Waals surface area contributed by atoms with Crippen LogP contribution in [0.5, 0.6) is 0 Å². The van der Waals surface area contributed by atoms with Gasteiger partial charge in [0.25, 0.3) is 0 Å². The number of fused-ring (bicyclic) bond motifs is 3. The van der Waals surface area contributed by atoms with Gasteiger partial charge in [-0.1, -0.05) is 24.3 Å². The summed E-state index contributed by atoms with van der Waals surface area (Å²) in [5.74, 6) is 0.442. The van der Waals surface area contributed by atoms with E-state index in [2.05, 4.69) is 19.9 Å². The van der Waals surface area contributed by atoms with E-state index in [0.717, 1.165) is 11.1 Å². The van der Waals surface area contributed by atoms with Crippen LogP contribution in [0.4, 0.5) is 11.4 Å². The topological polar surface area (TPSA) is 131 Å². The zero-order valence-electron chi connectivity index (χ0n) is 15.9. The highest BCUT2D eigenvalue weighted by molar-refractivity contribution is 5.85. The Morgan fingerprint density at radius 1 is 0.800 bits per heavy atom. The first-order valence-electron chi connectivity index (χ1n) is 9.34. The number of imidazole rings is 2. The fourth-order valence-corrected chi connectivity index (χ4v) is 3.41. The van der Waals surface area contributed by atoms with Gasteiger partial charge in [-0.05, 0) is 35.4 Å². The number of aromatic nitrogens is 6. The van der Waals surface area contributed by atoms with Crippen LogP contribution in [-0.4, -0.2) is 29.1 Å². The van der Waals surface area contributed by atoms with Gasteiger partial charge in [-0.25, -0.2) is 19.7 Å². The highest BCUT2D eigenvalue weighted by Crippen LogP contribution is 2.23. The zero-order valence-corrected chi connectivity index (χ0v) is 15.9. The second-order valence-electron chi connectivity index (χ2n) is 7.05. The average molecular weight is 398 g/mol. The summed E-state index contributed by atoms with van der Waals surface area (Å²) in [6, 6.07) is 15.0. The normalized spacial score (nSPS) is 11.3. The van der Waals surface area contributed by atoms with Crippen LogP contribution in [0, 0.1) is 0 Å². The molecule has 1 aromatic heterocycles. The first-order valence-corrected chi connectivity index (χ1v) is 9.34. The second-order valence-corrected chi connectivity index (χ2v) is 7.05. The molecule has 0 amide bonds. The summed E-state index contributed by atoms with van der Waals surface area (Å²) >= 11 is 0. The van der Waals surface area contributed by atoms with E-state index in [1.165, 1.54) is 10.9 Å². The van der Waals surface area contributed by atoms with Crippen LogP contribution in [0.25, 0.3) is 22.7 Å². The Morgan fingerprint density at radius 2 is 1.43 bits per heavy atom. The first kappa shape index (κ1) is 17.8. The van der Waals surface area contributed by atoms with Crippen molar-refractivity contribution >= 4 is 22.5 Å². The van der Waals surface area contributed by atoms with Crippen LogP contribution < -0.4 is 17.2 Å². The quantitative estimate of drug-likeness (QED) is 0.441. The molecule has 0 bridgehead atoms. The molecule has 0 aliphatic carbocycles. The van der Waals surface area contributed by atoms with Gasteiger partial charge in [-0.15, -0.1) is 0 Å². The van der Waals surface area contributed by atoms with Gasteiger partial charge in [0.2, 0.25) is 0 Å². The molecule has 0 atom stereocenters. The van der Waals surface area contributed by atoms with Gasteiger partial charge in [-0.3, -0.25) is 4.57 Å². The lowest BCUT2D eigenvalue weighted by molar-refractivity contribution is 0.758. The molecule has 2 aromatic carbocycles. The number of benzene rings is 2. The summed E-state index contributed by atoms with van der Waals surface area (Å²) in [6.45, 7) is 0.895. The molecule has 9 heteroatoms. The van der Waals surface area contributed by atoms with Crippen molar-refractivity contribution in [2.24, 2.45) is 0 Å². The lowest BCUT2D eigenvalue weighted by Gasteiger charge is -2.04.